The zero-order valence-corrected chi connectivity index (χ0v) is 24.8. The van der Waals surface area contributed by atoms with Gasteiger partial charge in [-0.25, -0.2) is 0 Å². The van der Waals surface area contributed by atoms with Gasteiger partial charge < -0.3 is 0 Å². The molecule has 0 nitrogen and oxygen atoms in total. The van der Waals surface area contributed by atoms with Crippen molar-refractivity contribution < 1.29 is 0 Å². The average Bonchev–Trinajstić information content (AvgIpc) is 3.42. The first kappa shape index (κ1) is 25.7. The summed E-state index contributed by atoms with van der Waals surface area (Å²) in [5, 5.41) is 5.09. The van der Waals surface area contributed by atoms with Crippen LogP contribution in [0.2, 0.25) is 0 Å². The molecule has 45 heavy (non-hydrogen) atoms. The number of hydrogen-bond donors (Lipinski definition) is 0. The van der Waals surface area contributed by atoms with Crippen molar-refractivity contribution in [2.75, 3.05) is 0 Å². The third-order valence-electron chi connectivity index (χ3n) is 9.71. The van der Waals surface area contributed by atoms with Gasteiger partial charge in [0.1, 0.15) is 0 Å². The van der Waals surface area contributed by atoms with Crippen molar-refractivity contribution in [3.63, 3.8) is 0 Å². The fourth-order valence-electron chi connectivity index (χ4n) is 7.82. The summed E-state index contributed by atoms with van der Waals surface area (Å²) < 4.78 is 0. The highest BCUT2D eigenvalue weighted by Gasteiger charge is 2.45. The third kappa shape index (κ3) is 3.86. The molecular formula is C45H30. The van der Waals surface area contributed by atoms with E-state index in [9.17, 15) is 0 Å². The predicted molar refractivity (Wildman–Crippen MR) is 190 cm³/mol. The number of benzene rings is 8. The van der Waals surface area contributed by atoms with Gasteiger partial charge in [0.05, 0.1) is 5.41 Å². The maximum atomic E-state index is 2.42. The van der Waals surface area contributed by atoms with Crippen LogP contribution in [0.5, 0.6) is 0 Å². The molecular weight excluding hydrogens is 540 g/mol. The summed E-state index contributed by atoms with van der Waals surface area (Å²) in [6.45, 7) is 0. The molecule has 0 heteroatoms. The number of fused-ring (bicyclic) bond motifs is 5. The monoisotopic (exact) mass is 570 g/mol. The molecule has 210 valence electrons. The molecule has 9 rings (SSSR count). The molecule has 0 saturated heterocycles. The largest absolute Gasteiger partial charge is 0.0713 e. The van der Waals surface area contributed by atoms with E-state index in [1.807, 2.05) is 0 Å². The second kappa shape index (κ2) is 10.2. The SMILES string of the molecule is c1ccc(C2(c3cccc(-c4cccc(-c5c6ccccc6cc6ccccc56)c4)c3)c3ccccc3-c3ccccc32)cc1. The first-order valence-electron chi connectivity index (χ1n) is 15.7. The van der Waals surface area contributed by atoms with Crippen LogP contribution >= 0.6 is 0 Å². The molecule has 1 aliphatic rings. The smallest absolute Gasteiger partial charge is 0.0622 e. The van der Waals surface area contributed by atoms with E-state index in [1.165, 1.54) is 77.2 Å². The highest BCUT2D eigenvalue weighted by molar-refractivity contribution is 6.12. The summed E-state index contributed by atoms with van der Waals surface area (Å²) in [4.78, 5) is 0. The van der Waals surface area contributed by atoms with Crippen LogP contribution in [0.4, 0.5) is 0 Å². The molecule has 8 aromatic rings. The van der Waals surface area contributed by atoms with Gasteiger partial charge in [-0.15, -0.1) is 0 Å². The molecule has 0 bridgehead atoms. The van der Waals surface area contributed by atoms with Crippen molar-refractivity contribution in [1.29, 1.82) is 0 Å². The molecule has 8 aromatic carbocycles. The molecule has 0 aromatic heterocycles. The maximum Gasteiger partial charge on any atom is 0.0713 e. The van der Waals surface area contributed by atoms with Gasteiger partial charge in [0.15, 0.2) is 0 Å². The summed E-state index contributed by atoms with van der Waals surface area (Å²) in [6.07, 6.45) is 0. The molecule has 0 fully saturated rings. The Hall–Kier alpha value is -5.72. The minimum atomic E-state index is -0.409. The van der Waals surface area contributed by atoms with E-state index in [2.05, 4.69) is 182 Å². The second-order valence-corrected chi connectivity index (χ2v) is 12.1. The van der Waals surface area contributed by atoms with Crippen LogP contribution in [0.1, 0.15) is 22.3 Å². The van der Waals surface area contributed by atoms with Gasteiger partial charge in [-0.3, -0.25) is 0 Å². The lowest BCUT2D eigenvalue weighted by atomic mass is 9.67. The first-order valence-corrected chi connectivity index (χ1v) is 15.7. The molecule has 1 aliphatic carbocycles. The predicted octanol–water partition coefficient (Wildman–Crippen LogP) is 11.7. The van der Waals surface area contributed by atoms with E-state index < -0.39 is 5.41 Å². The lowest BCUT2D eigenvalue weighted by Gasteiger charge is -2.34. The fraction of sp³-hybridized carbons (Fsp3) is 0.0222. The summed E-state index contributed by atoms with van der Waals surface area (Å²) in [6, 6.07) is 67.1. The Morgan fingerprint density at radius 2 is 0.800 bits per heavy atom. The third-order valence-corrected chi connectivity index (χ3v) is 9.71. The minimum absolute atomic E-state index is 0.409. The topological polar surface area (TPSA) is 0 Å². The highest BCUT2D eigenvalue weighted by atomic mass is 14.5. The number of rotatable bonds is 4. The maximum absolute atomic E-state index is 2.42. The van der Waals surface area contributed by atoms with Crippen LogP contribution in [-0.2, 0) is 5.41 Å². The molecule has 0 radical (unpaired) electrons. The Balaban J connectivity index is 1.27. The van der Waals surface area contributed by atoms with Crippen LogP contribution in [0.25, 0.3) is 54.9 Å². The summed E-state index contributed by atoms with van der Waals surface area (Å²) >= 11 is 0. The normalized spacial score (nSPS) is 13.1. The van der Waals surface area contributed by atoms with Gasteiger partial charge in [0, 0.05) is 0 Å². The number of hydrogen-bond acceptors (Lipinski definition) is 0. The molecule has 0 atom stereocenters. The van der Waals surface area contributed by atoms with Crippen molar-refractivity contribution in [2.24, 2.45) is 0 Å². The van der Waals surface area contributed by atoms with Gasteiger partial charge in [0.2, 0.25) is 0 Å². The molecule has 0 saturated carbocycles. The van der Waals surface area contributed by atoms with Gasteiger partial charge in [-0.2, -0.15) is 0 Å². The summed E-state index contributed by atoms with van der Waals surface area (Å²) in [5.41, 5.74) is 12.4. The van der Waals surface area contributed by atoms with E-state index in [-0.39, 0.29) is 0 Å². The lowest BCUT2D eigenvalue weighted by Crippen LogP contribution is -2.28. The molecule has 0 unspecified atom stereocenters. The van der Waals surface area contributed by atoms with Crippen molar-refractivity contribution in [1.82, 2.24) is 0 Å². The van der Waals surface area contributed by atoms with E-state index in [0.29, 0.717) is 0 Å². The Morgan fingerprint density at radius 1 is 0.311 bits per heavy atom. The Labute approximate surface area is 263 Å². The highest BCUT2D eigenvalue weighted by Crippen LogP contribution is 2.56. The van der Waals surface area contributed by atoms with E-state index >= 15 is 0 Å². The standard InChI is InChI=1S/C45H30/c1-2-19-36(20-3-1)45(42-26-10-8-24-40(42)41-25-9-11-27-43(41)45)37-21-13-17-32(30-37)31-16-12-18-35(28-31)44-38-22-6-4-14-33(38)29-34-15-5-7-23-39(34)44/h1-30H. The zero-order chi connectivity index (χ0) is 29.8. The van der Waals surface area contributed by atoms with Crippen LogP contribution in [0.15, 0.2) is 182 Å². The lowest BCUT2D eigenvalue weighted by molar-refractivity contribution is 0.769. The average molecular weight is 571 g/mol. The van der Waals surface area contributed by atoms with E-state index in [0.717, 1.165) is 0 Å². The van der Waals surface area contributed by atoms with Crippen molar-refractivity contribution >= 4 is 21.5 Å². The molecule has 0 N–H and O–H groups in total. The van der Waals surface area contributed by atoms with Gasteiger partial charge in [-0.05, 0) is 95.4 Å². The van der Waals surface area contributed by atoms with Crippen molar-refractivity contribution in [3.05, 3.63) is 204 Å². The van der Waals surface area contributed by atoms with E-state index in [1.54, 1.807) is 0 Å². The summed E-state index contributed by atoms with van der Waals surface area (Å²) in [5.74, 6) is 0. The molecule has 0 amide bonds. The van der Waals surface area contributed by atoms with Gasteiger partial charge in [0.25, 0.3) is 0 Å². The van der Waals surface area contributed by atoms with Crippen LogP contribution in [0, 0.1) is 0 Å². The van der Waals surface area contributed by atoms with E-state index in [4.69, 9.17) is 0 Å². The molecule has 0 heterocycles. The Morgan fingerprint density at radius 3 is 1.47 bits per heavy atom. The molecule has 0 spiro atoms. The zero-order valence-electron chi connectivity index (χ0n) is 24.8. The minimum Gasteiger partial charge on any atom is -0.0622 e. The summed E-state index contributed by atoms with van der Waals surface area (Å²) in [7, 11) is 0. The second-order valence-electron chi connectivity index (χ2n) is 12.1. The Bertz CT molecular complexity index is 2280. The quantitative estimate of drug-likeness (QED) is 0.185. The Kier molecular flexibility index (Phi) is 5.83. The first-order chi connectivity index (χ1) is 22.3. The van der Waals surface area contributed by atoms with Gasteiger partial charge in [-0.1, -0.05) is 164 Å². The van der Waals surface area contributed by atoms with Crippen molar-refractivity contribution in [2.45, 2.75) is 5.41 Å². The molecule has 0 aliphatic heterocycles. The van der Waals surface area contributed by atoms with Gasteiger partial charge >= 0.3 is 0 Å². The van der Waals surface area contributed by atoms with Crippen molar-refractivity contribution in [3.8, 4) is 33.4 Å². The van der Waals surface area contributed by atoms with Crippen LogP contribution in [0.3, 0.4) is 0 Å². The van der Waals surface area contributed by atoms with Crippen LogP contribution < -0.4 is 0 Å². The fourth-order valence-corrected chi connectivity index (χ4v) is 7.82. The van der Waals surface area contributed by atoms with Crippen LogP contribution in [-0.4, -0.2) is 0 Å².